The number of aromatic nitrogens is 2. The van der Waals surface area contributed by atoms with Crippen molar-refractivity contribution in [3.8, 4) is 0 Å². The molecule has 0 radical (unpaired) electrons. The first-order chi connectivity index (χ1) is 11.6. The van der Waals surface area contributed by atoms with Crippen LogP contribution in [0.25, 0.3) is 11.0 Å². The number of aliphatic hydroxyl groups excluding tert-OH is 1. The van der Waals surface area contributed by atoms with Gasteiger partial charge in [0.2, 0.25) is 0 Å². The first kappa shape index (κ1) is 15.2. The van der Waals surface area contributed by atoms with Crippen LogP contribution in [0.15, 0.2) is 22.1 Å². The SMILES string of the molecule is OC1CC(N2CCOC2)=NC(Cc2nc3c(F)c(F)ccc3[nH]2)=N1. The fourth-order valence-electron chi connectivity index (χ4n) is 2.81. The van der Waals surface area contributed by atoms with Gasteiger partial charge in [-0.15, -0.1) is 0 Å². The van der Waals surface area contributed by atoms with Crippen LogP contribution in [0.3, 0.4) is 0 Å². The third-order valence-electron chi connectivity index (χ3n) is 3.96. The highest BCUT2D eigenvalue weighted by molar-refractivity contribution is 5.99. The van der Waals surface area contributed by atoms with Gasteiger partial charge in [0.25, 0.3) is 0 Å². The highest BCUT2D eigenvalue weighted by Crippen LogP contribution is 2.19. The second-order valence-corrected chi connectivity index (χ2v) is 5.68. The van der Waals surface area contributed by atoms with Crippen molar-refractivity contribution in [3.63, 3.8) is 0 Å². The lowest BCUT2D eigenvalue weighted by Gasteiger charge is -2.23. The molecule has 1 unspecified atom stereocenters. The van der Waals surface area contributed by atoms with Crippen molar-refractivity contribution in [2.45, 2.75) is 19.1 Å². The molecule has 0 spiro atoms. The predicted molar refractivity (Wildman–Crippen MR) is 82.7 cm³/mol. The number of halogens is 2. The van der Waals surface area contributed by atoms with Gasteiger partial charge in [-0.2, -0.15) is 0 Å². The molecule has 1 fully saturated rings. The third-order valence-corrected chi connectivity index (χ3v) is 3.96. The second-order valence-electron chi connectivity index (χ2n) is 5.68. The number of aromatic amines is 1. The van der Waals surface area contributed by atoms with E-state index < -0.39 is 17.9 Å². The number of fused-ring (bicyclic) bond motifs is 1. The van der Waals surface area contributed by atoms with Crippen LogP contribution in [-0.2, 0) is 11.2 Å². The Morgan fingerprint density at radius 1 is 1.38 bits per heavy atom. The quantitative estimate of drug-likeness (QED) is 0.863. The minimum Gasteiger partial charge on any atom is -0.371 e. The Balaban J connectivity index is 1.61. The average molecular weight is 335 g/mol. The molecule has 126 valence electrons. The van der Waals surface area contributed by atoms with Gasteiger partial charge >= 0.3 is 0 Å². The third kappa shape index (κ3) is 2.76. The lowest BCUT2D eigenvalue weighted by atomic mass is 10.2. The molecule has 2 aliphatic heterocycles. The standard InChI is InChI=1S/C15H15F2N5O2/c16-8-1-2-9-15(14(8)17)21-10(18-9)5-11-19-12(6-13(23)20-11)22-3-4-24-7-22/h1-2,13,23H,3-7H2,(H,18,21). The van der Waals surface area contributed by atoms with Crippen molar-refractivity contribution in [2.75, 3.05) is 19.9 Å². The minimum absolute atomic E-state index is 0.0564. The number of aliphatic hydroxyl groups is 1. The van der Waals surface area contributed by atoms with E-state index in [1.807, 2.05) is 4.90 Å². The van der Waals surface area contributed by atoms with E-state index >= 15 is 0 Å². The van der Waals surface area contributed by atoms with Gasteiger partial charge < -0.3 is 19.7 Å². The van der Waals surface area contributed by atoms with Crippen LogP contribution in [-0.4, -0.2) is 57.8 Å². The maximum Gasteiger partial charge on any atom is 0.186 e. The molecule has 2 aromatic rings. The molecule has 1 atom stereocenters. The van der Waals surface area contributed by atoms with E-state index in [0.29, 0.717) is 49.3 Å². The molecule has 1 aromatic carbocycles. The Morgan fingerprint density at radius 3 is 3.04 bits per heavy atom. The predicted octanol–water partition coefficient (Wildman–Crippen LogP) is 1.19. The van der Waals surface area contributed by atoms with Gasteiger partial charge in [0.05, 0.1) is 25.0 Å². The van der Waals surface area contributed by atoms with Gasteiger partial charge in [0, 0.05) is 6.54 Å². The van der Waals surface area contributed by atoms with Crippen molar-refractivity contribution < 1.29 is 18.6 Å². The molecule has 0 amide bonds. The lowest BCUT2D eigenvalue weighted by Crippen LogP contribution is -2.34. The van der Waals surface area contributed by atoms with Crippen LogP contribution in [0.5, 0.6) is 0 Å². The van der Waals surface area contributed by atoms with Crippen molar-refractivity contribution in [1.82, 2.24) is 14.9 Å². The first-order valence-corrected chi connectivity index (χ1v) is 7.58. The number of H-pyrrole nitrogens is 1. The fourth-order valence-corrected chi connectivity index (χ4v) is 2.81. The van der Waals surface area contributed by atoms with Gasteiger partial charge in [0.1, 0.15) is 29.7 Å². The highest BCUT2D eigenvalue weighted by atomic mass is 19.2. The van der Waals surface area contributed by atoms with Gasteiger partial charge in [-0.05, 0) is 12.1 Å². The Labute approximate surface area is 135 Å². The molecule has 9 heteroatoms. The zero-order chi connectivity index (χ0) is 16.7. The molecule has 1 saturated heterocycles. The van der Waals surface area contributed by atoms with E-state index in [4.69, 9.17) is 4.74 Å². The molecule has 1 aromatic heterocycles. The highest BCUT2D eigenvalue weighted by Gasteiger charge is 2.24. The normalized spacial score (nSPS) is 21.3. The van der Waals surface area contributed by atoms with E-state index in [1.54, 1.807) is 0 Å². The van der Waals surface area contributed by atoms with Crippen molar-refractivity contribution in [2.24, 2.45) is 9.98 Å². The van der Waals surface area contributed by atoms with Gasteiger partial charge in [0.15, 0.2) is 17.9 Å². The van der Waals surface area contributed by atoms with Crippen molar-refractivity contribution in [3.05, 3.63) is 29.6 Å². The van der Waals surface area contributed by atoms with E-state index in [1.165, 1.54) is 6.07 Å². The summed E-state index contributed by atoms with van der Waals surface area (Å²) in [5.41, 5.74) is 0.345. The summed E-state index contributed by atoms with van der Waals surface area (Å²) in [6, 6.07) is 2.48. The largest absolute Gasteiger partial charge is 0.371 e. The van der Waals surface area contributed by atoms with Crippen LogP contribution >= 0.6 is 0 Å². The molecule has 4 rings (SSSR count). The monoisotopic (exact) mass is 335 g/mol. The number of imidazole rings is 1. The smallest absolute Gasteiger partial charge is 0.186 e. The van der Waals surface area contributed by atoms with Crippen molar-refractivity contribution in [1.29, 1.82) is 0 Å². The number of ether oxygens (including phenoxy) is 1. The molecular weight excluding hydrogens is 320 g/mol. The maximum absolute atomic E-state index is 13.7. The van der Waals surface area contributed by atoms with E-state index in [-0.39, 0.29) is 11.9 Å². The summed E-state index contributed by atoms with van der Waals surface area (Å²) >= 11 is 0. The van der Waals surface area contributed by atoms with Crippen LogP contribution in [0.1, 0.15) is 12.2 Å². The zero-order valence-corrected chi connectivity index (χ0v) is 12.7. The molecule has 7 nitrogen and oxygen atoms in total. The fraction of sp³-hybridized carbons (Fsp3) is 0.400. The van der Waals surface area contributed by atoms with Crippen LogP contribution in [0, 0.1) is 11.6 Å². The van der Waals surface area contributed by atoms with E-state index in [9.17, 15) is 13.9 Å². The van der Waals surface area contributed by atoms with Gasteiger partial charge in [-0.25, -0.2) is 23.7 Å². The summed E-state index contributed by atoms with van der Waals surface area (Å²) in [4.78, 5) is 17.5. The molecule has 3 heterocycles. The minimum atomic E-state index is -0.987. The zero-order valence-electron chi connectivity index (χ0n) is 12.7. The van der Waals surface area contributed by atoms with Crippen LogP contribution in [0.4, 0.5) is 8.78 Å². The molecule has 0 saturated carbocycles. The number of hydrogen-bond donors (Lipinski definition) is 2. The first-order valence-electron chi connectivity index (χ1n) is 7.58. The topological polar surface area (TPSA) is 86.1 Å². The number of hydrogen-bond acceptors (Lipinski definition) is 6. The lowest BCUT2D eigenvalue weighted by molar-refractivity contribution is 0.160. The molecule has 0 bridgehead atoms. The molecular formula is C15H15F2N5O2. The molecule has 24 heavy (non-hydrogen) atoms. The number of nitrogens with zero attached hydrogens (tertiary/aromatic N) is 4. The van der Waals surface area contributed by atoms with E-state index in [0.717, 1.165) is 6.07 Å². The summed E-state index contributed by atoms with van der Waals surface area (Å²) in [6.45, 7) is 1.78. The number of aliphatic imine (C=N–C) groups is 2. The number of amidine groups is 2. The average Bonchev–Trinajstić information content (AvgIpc) is 3.20. The summed E-state index contributed by atoms with van der Waals surface area (Å²) < 4.78 is 32.3. The summed E-state index contributed by atoms with van der Waals surface area (Å²) in [7, 11) is 0. The number of benzene rings is 1. The van der Waals surface area contributed by atoms with Gasteiger partial charge in [-0.1, -0.05) is 0 Å². The number of rotatable bonds is 2. The Morgan fingerprint density at radius 2 is 2.25 bits per heavy atom. The molecule has 0 aliphatic carbocycles. The Bertz CT molecular complexity index is 842. The summed E-state index contributed by atoms with van der Waals surface area (Å²) in [5, 5.41) is 9.93. The molecule has 2 N–H and O–H groups in total. The maximum atomic E-state index is 13.7. The second kappa shape index (κ2) is 5.91. The number of nitrogens with one attached hydrogen (secondary N) is 1. The van der Waals surface area contributed by atoms with Crippen LogP contribution < -0.4 is 0 Å². The Kier molecular flexibility index (Phi) is 3.73. The van der Waals surface area contributed by atoms with Crippen molar-refractivity contribution >= 4 is 22.7 Å². The molecule has 2 aliphatic rings. The van der Waals surface area contributed by atoms with E-state index in [2.05, 4.69) is 20.0 Å². The van der Waals surface area contributed by atoms with Gasteiger partial charge in [-0.3, -0.25) is 0 Å². The summed E-state index contributed by atoms with van der Waals surface area (Å²) in [6.07, 6.45) is -0.371. The Hall–Kier alpha value is -2.39. The van der Waals surface area contributed by atoms with Crippen LogP contribution in [0.2, 0.25) is 0 Å². The summed E-state index contributed by atoms with van der Waals surface area (Å²) in [5.74, 6) is -0.434.